The summed E-state index contributed by atoms with van der Waals surface area (Å²) in [4.78, 5) is 0. The third-order valence-corrected chi connectivity index (χ3v) is 5.30. The Morgan fingerprint density at radius 3 is 2.44 bits per heavy atom. The lowest BCUT2D eigenvalue weighted by molar-refractivity contribution is 0.304. The predicted molar refractivity (Wildman–Crippen MR) is 105 cm³/mol. The highest BCUT2D eigenvalue weighted by Crippen LogP contribution is 2.36. The first kappa shape index (κ1) is 20.0. The summed E-state index contributed by atoms with van der Waals surface area (Å²) in [6, 6.07) is 8.78. The van der Waals surface area contributed by atoms with Crippen molar-refractivity contribution in [1.29, 1.82) is 0 Å². The summed E-state index contributed by atoms with van der Waals surface area (Å²) in [5.74, 6) is 2.39. The predicted octanol–water partition coefficient (Wildman–Crippen LogP) is 7.23. The second-order valence-corrected chi connectivity index (χ2v) is 7.35. The molecule has 1 nitrogen and oxygen atoms in total. The molecule has 0 aromatic heterocycles. The molecule has 0 atom stereocenters. The summed E-state index contributed by atoms with van der Waals surface area (Å²) in [6.07, 6.45) is 16.1. The van der Waals surface area contributed by atoms with E-state index in [4.69, 9.17) is 4.74 Å². The first-order valence-electron chi connectivity index (χ1n) is 10.3. The molecule has 1 aromatic rings. The van der Waals surface area contributed by atoms with Crippen LogP contribution in [0.5, 0.6) is 5.75 Å². The molecule has 0 bridgehead atoms. The van der Waals surface area contributed by atoms with Crippen molar-refractivity contribution < 1.29 is 9.13 Å². The number of halogens is 1. The van der Waals surface area contributed by atoms with Crippen LogP contribution in [-0.2, 0) is 0 Å². The molecule has 0 aliphatic heterocycles. The van der Waals surface area contributed by atoms with Gasteiger partial charge in [0.2, 0.25) is 0 Å². The highest BCUT2D eigenvalue weighted by Gasteiger charge is 2.20. The molecule has 0 amide bonds. The molecule has 1 aromatic carbocycles. The first-order valence-corrected chi connectivity index (χ1v) is 10.3. The lowest BCUT2D eigenvalue weighted by Crippen LogP contribution is -2.11. The van der Waals surface area contributed by atoms with Crippen LogP contribution in [0.4, 0.5) is 4.39 Å². The molecule has 0 unspecified atom stereocenters. The van der Waals surface area contributed by atoms with E-state index in [1.54, 1.807) is 0 Å². The molecule has 0 radical (unpaired) electrons. The Labute approximate surface area is 153 Å². The van der Waals surface area contributed by atoms with E-state index in [1.165, 1.54) is 50.5 Å². The molecule has 25 heavy (non-hydrogen) atoms. The zero-order valence-corrected chi connectivity index (χ0v) is 15.9. The molecule has 1 fully saturated rings. The molecule has 0 heterocycles. The molecule has 0 spiro atoms. The Bertz CT molecular complexity index is 471. The zero-order valence-electron chi connectivity index (χ0n) is 15.9. The fraction of sp³-hybridized carbons (Fsp3) is 0.652. The van der Waals surface area contributed by atoms with Crippen molar-refractivity contribution in [3.05, 3.63) is 42.0 Å². The van der Waals surface area contributed by atoms with Gasteiger partial charge in [-0.1, -0.05) is 50.5 Å². The van der Waals surface area contributed by atoms with Crippen LogP contribution in [0, 0.1) is 5.92 Å². The number of unbranched alkanes of at least 4 members (excludes halogenated alkanes) is 4. The summed E-state index contributed by atoms with van der Waals surface area (Å²) in [7, 11) is 0. The van der Waals surface area contributed by atoms with Gasteiger partial charge in [-0.25, -0.2) is 0 Å². The molecule has 0 saturated heterocycles. The molecule has 140 valence electrons. The first-order chi connectivity index (χ1) is 12.3. The van der Waals surface area contributed by atoms with Gasteiger partial charge in [-0.2, -0.15) is 0 Å². The summed E-state index contributed by atoms with van der Waals surface area (Å²) in [5.41, 5.74) is 1.46. The van der Waals surface area contributed by atoms with Gasteiger partial charge in [-0.15, -0.1) is 0 Å². The van der Waals surface area contributed by atoms with Gasteiger partial charge >= 0.3 is 0 Å². The number of allylic oxidation sites excluding steroid dienone is 2. The van der Waals surface area contributed by atoms with Gasteiger partial charge < -0.3 is 4.74 Å². The Balaban J connectivity index is 1.69. The molecule has 0 N–H and O–H groups in total. The van der Waals surface area contributed by atoms with Crippen molar-refractivity contribution in [2.24, 2.45) is 5.92 Å². The molecule has 2 heteroatoms. The van der Waals surface area contributed by atoms with E-state index < -0.39 is 0 Å². The SMILES string of the molecule is CCCCCCOc1ccc(C2CCC(C=CCCCF)CC2)cc1. The minimum absolute atomic E-state index is 0.199. The van der Waals surface area contributed by atoms with Crippen LogP contribution in [0.1, 0.15) is 82.6 Å². The monoisotopic (exact) mass is 346 g/mol. The van der Waals surface area contributed by atoms with Crippen LogP contribution in [0.25, 0.3) is 0 Å². The maximum absolute atomic E-state index is 12.1. The fourth-order valence-corrected chi connectivity index (χ4v) is 3.68. The minimum Gasteiger partial charge on any atom is -0.494 e. The van der Waals surface area contributed by atoms with Crippen molar-refractivity contribution in [2.75, 3.05) is 13.3 Å². The van der Waals surface area contributed by atoms with Crippen molar-refractivity contribution in [1.82, 2.24) is 0 Å². The largest absolute Gasteiger partial charge is 0.494 e. The lowest BCUT2D eigenvalue weighted by Gasteiger charge is -2.27. The van der Waals surface area contributed by atoms with E-state index in [-0.39, 0.29) is 6.67 Å². The van der Waals surface area contributed by atoms with Gasteiger partial charge in [0.25, 0.3) is 0 Å². The quantitative estimate of drug-likeness (QED) is 0.303. The number of ether oxygens (including phenoxy) is 1. The Kier molecular flexibility index (Phi) is 9.69. The molecular weight excluding hydrogens is 311 g/mol. The molecule has 1 saturated carbocycles. The number of benzene rings is 1. The van der Waals surface area contributed by atoms with E-state index in [9.17, 15) is 4.39 Å². The smallest absolute Gasteiger partial charge is 0.119 e. The average molecular weight is 347 g/mol. The van der Waals surface area contributed by atoms with Gasteiger partial charge in [0.1, 0.15) is 5.75 Å². The Morgan fingerprint density at radius 1 is 1.00 bits per heavy atom. The molecule has 2 rings (SSSR count). The molecule has 1 aliphatic carbocycles. The van der Waals surface area contributed by atoms with Gasteiger partial charge in [0.15, 0.2) is 0 Å². The van der Waals surface area contributed by atoms with E-state index in [0.717, 1.165) is 25.2 Å². The molecule has 1 aliphatic rings. The summed E-state index contributed by atoms with van der Waals surface area (Å²) in [6.45, 7) is 2.87. The maximum Gasteiger partial charge on any atom is 0.119 e. The van der Waals surface area contributed by atoms with Crippen LogP contribution in [0.2, 0.25) is 0 Å². The van der Waals surface area contributed by atoms with Crippen molar-refractivity contribution in [2.45, 2.75) is 77.0 Å². The Hall–Kier alpha value is -1.31. The summed E-state index contributed by atoms with van der Waals surface area (Å²) >= 11 is 0. The lowest BCUT2D eigenvalue weighted by atomic mass is 9.78. The summed E-state index contributed by atoms with van der Waals surface area (Å²) in [5, 5.41) is 0. The minimum atomic E-state index is -0.199. The van der Waals surface area contributed by atoms with Crippen molar-refractivity contribution >= 4 is 0 Å². The highest BCUT2D eigenvalue weighted by atomic mass is 19.1. The third-order valence-electron chi connectivity index (χ3n) is 5.30. The van der Waals surface area contributed by atoms with Crippen LogP contribution in [0.3, 0.4) is 0 Å². The van der Waals surface area contributed by atoms with E-state index in [1.807, 2.05) is 0 Å². The van der Waals surface area contributed by atoms with Crippen LogP contribution >= 0.6 is 0 Å². The van der Waals surface area contributed by atoms with Crippen LogP contribution < -0.4 is 4.74 Å². The number of rotatable bonds is 11. The van der Waals surface area contributed by atoms with E-state index in [0.29, 0.717) is 18.3 Å². The normalized spacial score (nSPS) is 20.9. The molecular formula is C23H35FO. The second kappa shape index (κ2) is 12.1. The zero-order chi connectivity index (χ0) is 17.7. The van der Waals surface area contributed by atoms with Gasteiger partial charge in [0, 0.05) is 0 Å². The van der Waals surface area contributed by atoms with Crippen molar-refractivity contribution in [3.8, 4) is 5.75 Å². The second-order valence-electron chi connectivity index (χ2n) is 7.35. The number of alkyl halides is 1. The third kappa shape index (κ3) is 7.63. The van der Waals surface area contributed by atoms with Crippen LogP contribution in [0.15, 0.2) is 36.4 Å². The Morgan fingerprint density at radius 2 is 1.76 bits per heavy atom. The van der Waals surface area contributed by atoms with Gasteiger partial charge in [-0.05, 0) is 74.5 Å². The van der Waals surface area contributed by atoms with Crippen molar-refractivity contribution in [3.63, 3.8) is 0 Å². The van der Waals surface area contributed by atoms with Gasteiger partial charge in [-0.3, -0.25) is 4.39 Å². The highest BCUT2D eigenvalue weighted by molar-refractivity contribution is 5.29. The topological polar surface area (TPSA) is 9.23 Å². The van der Waals surface area contributed by atoms with Crippen LogP contribution in [-0.4, -0.2) is 13.3 Å². The summed E-state index contributed by atoms with van der Waals surface area (Å²) < 4.78 is 17.9. The fourth-order valence-electron chi connectivity index (χ4n) is 3.68. The number of hydrogen-bond acceptors (Lipinski definition) is 1. The average Bonchev–Trinajstić information content (AvgIpc) is 2.66. The van der Waals surface area contributed by atoms with Gasteiger partial charge in [0.05, 0.1) is 13.3 Å². The van der Waals surface area contributed by atoms with E-state index in [2.05, 4.69) is 43.3 Å². The maximum atomic E-state index is 12.1. The van der Waals surface area contributed by atoms with E-state index >= 15 is 0 Å². The standard InChI is InChI=1S/C23H35FO/c1-2-3-4-8-19-25-23-16-14-22(15-17-23)21-12-10-20(11-13-21)9-6-5-7-18-24/h6,9,14-17,20-21H,2-5,7-8,10-13,18-19H2,1H3. The number of hydrogen-bond donors (Lipinski definition) is 0.